The molecule has 35 heavy (non-hydrogen) atoms. The predicted octanol–water partition coefficient (Wildman–Crippen LogP) is 9.68. The number of hydrogen-bond donors (Lipinski definition) is 0. The summed E-state index contributed by atoms with van der Waals surface area (Å²) < 4.78 is 19.6. The third kappa shape index (κ3) is 13.6. The van der Waals surface area contributed by atoms with Crippen LogP contribution in [-0.4, -0.2) is 22.7 Å². The number of ether oxygens (including phenoxy) is 1. The van der Waals surface area contributed by atoms with Gasteiger partial charge in [-0.3, -0.25) is 0 Å². The van der Waals surface area contributed by atoms with E-state index < -0.39 is 6.17 Å². The Labute approximate surface area is 214 Å². The molecule has 0 N–H and O–H groups in total. The second-order valence-electron chi connectivity index (χ2n) is 9.96. The van der Waals surface area contributed by atoms with Crippen LogP contribution in [0.1, 0.15) is 122 Å². The van der Waals surface area contributed by atoms with E-state index in [1.54, 1.807) is 0 Å². The number of aryl methyl sites for hydroxylation is 1. The van der Waals surface area contributed by atoms with Gasteiger partial charge >= 0.3 is 0 Å². The van der Waals surface area contributed by atoms with Gasteiger partial charge in [0.1, 0.15) is 11.9 Å². The molecule has 1 heterocycles. The minimum atomic E-state index is -0.766. The van der Waals surface area contributed by atoms with Gasteiger partial charge in [0.15, 0.2) is 5.82 Å². The zero-order chi connectivity index (χ0) is 25.0. The van der Waals surface area contributed by atoms with Crippen molar-refractivity contribution < 1.29 is 9.13 Å². The van der Waals surface area contributed by atoms with Crippen molar-refractivity contribution in [3.63, 3.8) is 0 Å². The Bertz CT molecular complexity index is 748. The highest BCUT2D eigenvalue weighted by Gasteiger charge is 2.07. The molecule has 1 aromatic heterocycles. The molecule has 2 rings (SSSR count). The molecule has 0 aliphatic rings. The van der Waals surface area contributed by atoms with Crippen LogP contribution in [0.3, 0.4) is 0 Å². The largest absolute Gasteiger partial charge is 0.493 e. The molecule has 0 bridgehead atoms. The second-order valence-corrected chi connectivity index (χ2v) is 9.96. The van der Waals surface area contributed by atoms with Gasteiger partial charge in [-0.2, -0.15) is 0 Å². The Hall–Kier alpha value is -1.97. The van der Waals surface area contributed by atoms with E-state index in [0.29, 0.717) is 19.4 Å². The van der Waals surface area contributed by atoms with Gasteiger partial charge in [0.25, 0.3) is 0 Å². The molecule has 0 fully saturated rings. The molecule has 1 atom stereocenters. The average Bonchev–Trinajstić information content (AvgIpc) is 2.88. The zero-order valence-electron chi connectivity index (χ0n) is 22.5. The van der Waals surface area contributed by atoms with Crippen molar-refractivity contribution in [2.75, 3.05) is 6.61 Å². The Balaban J connectivity index is 1.58. The smallest absolute Gasteiger partial charge is 0.159 e. The molecule has 0 aliphatic heterocycles. The first-order chi connectivity index (χ1) is 17.2. The van der Waals surface area contributed by atoms with Crippen LogP contribution in [0.2, 0.25) is 0 Å². The van der Waals surface area contributed by atoms with Gasteiger partial charge in [-0.25, -0.2) is 14.4 Å². The summed E-state index contributed by atoms with van der Waals surface area (Å²) in [5.41, 5.74) is 2.19. The second kappa shape index (κ2) is 19.2. The lowest BCUT2D eigenvalue weighted by molar-refractivity contribution is 0.223. The number of nitrogens with zero attached hydrogens (tertiary/aromatic N) is 2. The molecule has 1 aromatic carbocycles. The quantitative estimate of drug-likeness (QED) is 0.165. The fourth-order valence-corrected chi connectivity index (χ4v) is 4.39. The van der Waals surface area contributed by atoms with Crippen LogP contribution >= 0.6 is 0 Å². The Morgan fingerprint density at radius 1 is 0.686 bits per heavy atom. The summed E-state index contributed by atoms with van der Waals surface area (Å²) in [6, 6.07) is 7.79. The standard InChI is InChI=1S/C31H49FN2O/c1-3-5-7-8-9-10-11-12-13-14-16-17-27-25-33-31(34-26-27)28-19-21-30(22-20-28)35-24-23-29(32)18-15-6-4-2/h19-22,25-26,29H,3-18,23-24H2,1-2H3. The summed E-state index contributed by atoms with van der Waals surface area (Å²) in [7, 11) is 0. The average molecular weight is 485 g/mol. The van der Waals surface area contributed by atoms with Crippen LogP contribution < -0.4 is 4.74 Å². The maximum atomic E-state index is 13.9. The van der Waals surface area contributed by atoms with E-state index in [2.05, 4.69) is 23.8 Å². The normalized spacial score (nSPS) is 12.1. The molecule has 196 valence electrons. The van der Waals surface area contributed by atoms with E-state index in [1.807, 2.05) is 36.7 Å². The summed E-state index contributed by atoms with van der Waals surface area (Å²) in [5, 5.41) is 0. The number of hydrogen-bond acceptors (Lipinski definition) is 3. The maximum absolute atomic E-state index is 13.9. The van der Waals surface area contributed by atoms with E-state index in [1.165, 1.54) is 76.2 Å². The Morgan fingerprint density at radius 2 is 1.23 bits per heavy atom. The Morgan fingerprint density at radius 3 is 1.83 bits per heavy atom. The summed E-state index contributed by atoms with van der Waals surface area (Å²) in [6.07, 6.45) is 23.5. The molecule has 3 nitrogen and oxygen atoms in total. The molecule has 1 unspecified atom stereocenters. The van der Waals surface area contributed by atoms with E-state index >= 15 is 0 Å². The first-order valence-electron chi connectivity index (χ1n) is 14.4. The molecule has 0 saturated heterocycles. The molecule has 4 heteroatoms. The van der Waals surface area contributed by atoms with E-state index in [0.717, 1.165) is 42.8 Å². The van der Waals surface area contributed by atoms with Crippen molar-refractivity contribution in [1.29, 1.82) is 0 Å². The molecule has 0 amide bonds. The van der Waals surface area contributed by atoms with Gasteiger partial charge in [-0.05, 0) is 49.1 Å². The van der Waals surface area contributed by atoms with Gasteiger partial charge < -0.3 is 4.74 Å². The van der Waals surface area contributed by atoms with Crippen molar-refractivity contribution in [1.82, 2.24) is 9.97 Å². The molecular weight excluding hydrogens is 435 g/mol. The maximum Gasteiger partial charge on any atom is 0.159 e. The van der Waals surface area contributed by atoms with Crippen molar-refractivity contribution in [3.05, 3.63) is 42.2 Å². The molecule has 0 aliphatic carbocycles. The van der Waals surface area contributed by atoms with Gasteiger partial charge in [0.05, 0.1) is 6.61 Å². The topological polar surface area (TPSA) is 35.0 Å². The van der Waals surface area contributed by atoms with Crippen molar-refractivity contribution in [2.24, 2.45) is 0 Å². The fraction of sp³-hybridized carbons (Fsp3) is 0.677. The summed E-state index contributed by atoms with van der Waals surface area (Å²) in [4.78, 5) is 9.14. The molecule has 0 spiro atoms. The van der Waals surface area contributed by atoms with Crippen molar-refractivity contribution >= 4 is 0 Å². The fourth-order valence-electron chi connectivity index (χ4n) is 4.39. The van der Waals surface area contributed by atoms with E-state index in [4.69, 9.17) is 4.74 Å². The van der Waals surface area contributed by atoms with Crippen LogP contribution in [0, 0.1) is 0 Å². The molecule has 0 radical (unpaired) electrons. The Kier molecular flexibility index (Phi) is 16.1. The van der Waals surface area contributed by atoms with Gasteiger partial charge in [0.2, 0.25) is 0 Å². The lowest BCUT2D eigenvalue weighted by Crippen LogP contribution is -2.07. The highest BCUT2D eigenvalue weighted by atomic mass is 19.1. The lowest BCUT2D eigenvalue weighted by Gasteiger charge is -2.10. The van der Waals surface area contributed by atoms with E-state index in [9.17, 15) is 4.39 Å². The lowest BCUT2D eigenvalue weighted by atomic mass is 10.0. The number of alkyl halides is 1. The minimum Gasteiger partial charge on any atom is -0.493 e. The highest BCUT2D eigenvalue weighted by molar-refractivity contribution is 5.55. The molecule has 2 aromatic rings. The van der Waals surface area contributed by atoms with Crippen molar-refractivity contribution in [3.8, 4) is 17.1 Å². The summed E-state index contributed by atoms with van der Waals surface area (Å²) in [6.45, 7) is 4.83. The van der Waals surface area contributed by atoms with Crippen LogP contribution in [0.5, 0.6) is 5.75 Å². The van der Waals surface area contributed by atoms with Gasteiger partial charge in [0, 0.05) is 24.4 Å². The third-order valence-corrected chi connectivity index (χ3v) is 6.71. The first-order valence-corrected chi connectivity index (χ1v) is 14.4. The number of halogens is 1. The molecular formula is C31H49FN2O. The highest BCUT2D eigenvalue weighted by Crippen LogP contribution is 2.20. The summed E-state index contributed by atoms with van der Waals surface area (Å²) >= 11 is 0. The number of rotatable bonds is 21. The van der Waals surface area contributed by atoms with Crippen LogP contribution in [0.4, 0.5) is 4.39 Å². The number of benzene rings is 1. The predicted molar refractivity (Wildman–Crippen MR) is 147 cm³/mol. The minimum absolute atomic E-state index is 0.414. The van der Waals surface area contributed by atoms with E-state index in [-0.39, 0.29) is 0 Å². The molecule has 0 saturated carbocycles. The van der Waals surface area contributed by atoms with Crippen molar-refractivity contribution in [2.45, 2.75) is 129 Å². The van der Waals surface area contributed by atoms with Crippen LogP contribution in [-0.2, 0) is 6.42 Å². The van der Waals surface area contributed by atoms with Crippen LogP contribution in [0.25, 0.3) is 11.4 Å². The third-order valence-electron chi connectivity index (χ3n) is 6.71. The van der Waals surface area contributed by atoms with Crippen LogP contribution in [0.15, 0.2) is 36.7 Å². The first kappa shape index (κ1) is 29.3. The number of unbranched alkanes of at least 4 members (excludes halogenated alkanes) is 12. The number of aromatic nitrogens is 2. The van der Waals surface area contributed by atoms with Gasteiger partial charge in [-0.1, -0.05) is 97.3 Å². The monoisotopic (exact) mass is 484 g/mol. The zero-order valence-corrected chi connectivity index (χ0v) is 22.5. The van der Waals surface area contributed by atoms with Gasteiger partial charge in [-0.15, -0.1) is 0 Å². The summed E-state index contributed by atoms with van der Waals surface area (Å²) in [5.74, 6) is 1.50. The SMILES string of the molecule is CCCCCCCCCCCCCc1cnc(-c2ccc(OCCC(F)CCCCC)cc2)nc1.